The second-order valence-electron chi connectivity index (χ2n) is 4.98. The van der Waals surface area contributed by atoms with E-state index >= 15 is 0 Å². The number of imidazole rings is 1. The molecule has 7 heteroatoms. The summed E-state index contributed by atoms with van der Waals surface area (Å²) in [6.45, 7) is 2.34. The maximum Gasteiger partial charge on any atom is 0.286 e. The summed E-state index contributed by atoms with van der Waals surface area (Å²) in [7, 11) is 1.93. The summed E-state index contributed by atoms with van der Waals surface area (Å²) in [5.41, 5.74) is 0. The lowest BCUT2D eigenvalue weighted by Gasteiger charge is -2.07. The first-order valence-electron chi connectivity index (χ1n) is 7.25. The van der Waals surface area contributed by atoms with E-state index in [1.54, 1.807) is 30.1 Å². The quantitative estimate of drug-likeness (QED) is 0.728. The molecule has 2 N–H and O–H groups in total. The number of rotatable bonds is 8. The highest BCUT2D eigenvalue weighted by atomic mass is 32.2. The first-order valence-corrected chi connectivity index (χ1v) is 8.23. The zero-order chi connectivity index (χ0) is 15.9. The van der Waals surface area contributed by atoms with Crippen LogP contribution >= 0.6 is 11.8 Å². The number of hydrogen-bond acceptors (Lipinski definition) is 5. The number of amides is 1. The number of thioether (sulfide) groups is 1. The lowest BCUT2D eigenvalue weighted by molar-refractivity contribution is 0.0913. The normalized spacial score (nSPS) is 12.3. The zero-order valence-corrected chi connectivity index (χ0v) is 13.6. The van der Waals surface area contributed by atoms with Crippen LogP contribution in [0, 0.1) is 0 Å². The highest BCUT2D eigenvalue weighted by Crippen LogP contribution is 2.21. The van der Waals surface area contributed by atoms with Gasteiger partial charge in [0.25, 0.3) is 5.91 Å². The average Bonchev–Trinajstić information content (AvgIpc) is 3.13. The molecule has 2 rings (SSSR count). The van der Waals surface area contributed by atoms with Gasteiger partial charge in [-0.3, -0.25) is 4.79 Å². The van der Waals surface area contributed by atoms with Gasteiger partial charge in [0.2, 0.25) is 0 Å². The van der Waals surface area contributed by atoms with E-state index in [0.29, 0.717) is 30.9 Å². The van der Waals surface area contributed by atoms with Gasteiger partial charge in [0, 0.05) is 26.0 Å². The van der Waals surface area contributed by atoms with Gasteiger partial charge in [0.1, 0.15) is 5.76 Å². The van der Waals surface area contributed by atoms with Crippen molar-refractivity contribution in [2.45, 2.75) is 36.8 Å². The lowest BCUT2D eigenvalue weighted by Crippen LogP contribution is -2.26. The predicted octanol–water partition coefficient (Wildman–Crippen LogP) is 2.20. The molecule has 0 spiro atoms. The van der Waals surface area contributed by atoms with Crippen LogP contribution in [0.4, 0.5) is 0 Å². The molecule has 0 aliphatic rings. The number of nitrogens with zero attached hydrogens (tertiary/aromatic N) is 2. The number of hydrogen-bond donors (Lipinski definition) is 2. The Labute approximate surface area is 133 Å². The van der Waals surface area contributed by atoms with Gasteiger partial charge in [-0.2, -0.15) is 0 Å². The average molecular weight is 323 g/mol. The Kier molecular flexibility index (Phi) is 6.09. The fourth-order valence-corrected chi connectivity index (χ4v) is 2.67. The molecule has 0 fully saturated rings. The van der Waals surface area contributed by atoms with Gasteiger partial charge in [-0.1, -0.05) is 18.7 Å². The Bertz CT molecular complexity index is 609. The van der Waals surface area contributed by atoms with E-state index in [4.69, 9.17) is 4.42 Å². The molecular formula is C15H21N3O3S. The molecular weight excluding hydrogens is 302 g/mol. The third-order valence-electron chi connectivity index (χ3n) is 3.24. The van der Waals surface area contributed by atoms with Crippen molar-refractivity contribution in [1.29, 1.82) is 0 Å². The lowest BCUT2D eigenvalue weighted by atomic mass is 10.2. The Balaban J connectivity index is 1.80. The molecule has 2 aromatic heterocycles. The van der Waals surface area contributed by atoms with Crippen LogP contribution in [0.25, 0.3) is 0 Å². The van der Waals surface area contributed by atoms with Crippen molar-refractivity contribution in [3.05, 3.63) is 36.0 Å². The molecule has 0 aliphatic carbocycles. The first-order chi connectivity index (χ1) is 10.6. The number of aliphatic hydroxyl groups is 1. The molecule has 1 atom stereocenters. The van der Waals surface area contributed by atoms with E-state index in [1.165, 1.54) is 0 Å². The second-order valence-corrected chi connectivity index (χ2v) is 5.92. The molecule has 2 aromatic rings. The molecule has 0 saturated carbocycles. The Hall–Kier alpha value is -1.73. The van der Waals surface area contributed by atoms with Crippen LogP contribution in [0.2, 0.25) is 0 Å². The summed E-state index contributed by atoms with van der Waals surface area (Å²) in [6.07, 6.45) is 4.49. The molecule has 1 unspecified atom stereocenters. The van der Waals surface area contributed by atoms with E-state index in [2.05, 4.69) is 10.3 Å². The number of nitrogens with one attached hydrogen (secondary N) is 1. The molecule has 2 heterocycles. The van der Waals surface area contributed by atoms with E-state index in [1.807, 2.05) is 24.7 Å². The minimum Gasteiger partial charge on any atom is -0.455 e. The third-order valence-corrected chi connectivity index (χ3v) is 4.32. The third kappa shape index (κ3) is 4.64. The van der Waals surface area contributed by atoms with Crippen molar-refractivity contribution in [1.82, 2.24) is 14.9 Å². The molecule has 0 aliphatic heterocycles. The summed E-state index contributed by atoms with van der Waals surface area (Å²) >= 11 is 1.55. The number of furan rings is 1. The molecule has 120 valence electrons. The SMILES string of the molecule is CCC(O)CCNC(=O)c1ccc(CSc2nccn2C)o1. The van der Waals surface area contributed by atoms with Crippen molar-refractivity contribution >= 4 is 17.7 Å². The van der Waals surface area contributed by atoms with Crippen molar-refractivity contribution in [2.24, 2.45) is 7.05 Å². The number of aromatic nitrogens is 2. The first kappa shape index (κ1) is 16.6. The van der Waals surface area contributed by atoms with E-state index in [9.17, 15) is 9.90 Å². The molecule has 0 aromatic carbocycles. The minimum absolute atomic E-state index is 0.253. The number of aryl methyl sites for hydroxylation is 1. The summed E-state index contributed by atoms with van der Waals surface area (Å²) in [5, 5.41) is 13.1. The second kappa shape index (κ2) is 8.05. The highest BCUT2D eigenvalue weighted by molar-refractivity contribution is 7.98. The van der Waals surface area contributed by atoms with Gasteiger partial charge in [0.05, 0.1) is 11.9 Å². The predicted molar refractivity (Wildman–Crippen MR) is 84.7 cm³/mol. The van der Waals surface area contributed by atoms with E-state index < -0.39 is 0 Å². The topological polar surface area (TPSA) is 80.3 Å². The van der Waals surface area contributed by atoms with Crippen LogP contribution in [0.3, 0.4) is 0 Å². The number of carbonyl (C=O) groups excluding carboxylic acids is 1. The Morgan fingerprint density at radius 2 is 2.36 bits per heavy atom. The van der Waals surface area contributed by atoms with E-state index in [0.717, 1.165) is 10.9 Å². The molecule has 0 radical (unpaired) electrons. The molecule has 0 saturated heterocycles. The summed E-state index contributed by atoms with van der Waals surface area (Å²) in [4.78, 5) is 16.1. The summed E-state index contributed by atoms with van der Waals surface area (Å²) < 4.78 is 7.47. The number of carbonyl (C=O) groups is 1. The smallest absolute Gasteiger partial charge is 0.286 e. The summed E-state index contributed by atoms with van der Waals surface area (Å²) in [6, 6.07) is 3.46. The molecule has 6 nitrogen and oxygen atoms in total. The van der Waals surface area contributed by atoms with Gasteiger partial charge >= 0.3 is 0 Å². The maximum absolute atomic E-state index is 11.9. The molecule has 1 amide bonds. The summed E-state index contributed by atoms with van der Waals surface area (Å²) in [5.74, 6) is 1.39. The van der Waals surface area contributed by atoms with E-state index in [-0.39, 0.29) is 12.0 Å². The van der Waals surface area contributed by atoms with Crippen LogP contribution < -0.4 is 5.32 Å². The van der Waals surface area contributed by atoms with Crippen LogP contribution in [0.15, 0.2) is 34.1 Å². The standard InChI is InChI=1S/C15H21N3O3S/c1-3-11(19)6-7-16-14(20)13-5-4-12(21-13)10-22-15-17-8-9-18(15)2/h4-5,8-9,11,19H,3,6-7,10H2,1-2H3,(H,16,20). The number of aliphatic hydroxyl groups excluding tert-OH is 1. The van der Waals surface area contributed by atoms with Gasteiger partial charge in [0.15, 0.2) is 10.9 Å². The van der Waals surface area contributed by atoms with Crippen molar-refractivity contribution in [3.8, 4) is 0 Å². The molecule has 22 heavy (non-hydrogen) atoms. The Morgan fingerprint density at radius 1 is 1.55 bits per heavy atom. The van der Waals surface area contributed by atoms with Gasteiger partial charge in [-0.15, -0.1) is 0 Å². The maximum atomic E-state index is 11.9. The van der Waals surface area contributed by atoms with Crippen molar-refractivity contribution < 1.29 is 14.3 Å². The van der Waals surface area contributed by atoms with Crippen molar-refractivity contribution in [2.75, 3.05) is 6.54 Å². The Morgan fingerprint density at radius 3 is 3.05 bits per heavy atom. The zero-order valence-electron chi connectivity index (χ0n) is 12.8. The van der Waals surface area contributed by atoms with Gasteiger partial charge in [-0.05, 0) is 25.0 Å². The largest absolute Gasteiger partial charge is 0.455 e. The van der Waals surface area contributed by atoms with Crippen LogP contribution in [-0.4, -0.2) is 33.2 Å². The minimum atomic E-state index is -0.373. The van der Waals surface area contributed by atoms with Crippen LogP contribution in [-0.2, 0) is 12.8 Å². The van der Waals surface area contributed by atoms with Gasteiger partial charge in [-0.25, -0.2) is 4.98 Å². The van der Waals surface area contributed by atoms with Gasteiger partial charge < -0.3 is 19.4 Å². The fourth-order valence-electron chi connectivity index (χ4n) is 1.85. The van der Waals surface area contributed by atoms with Crippen molar-refractivity contribution in [3.63, 3.8) is 0 Å². The highest BCUT2D eigenvalue weighted by Gasteiger charge is 2.12. The monoisotopic (exact) mass is 323 g/mol. The van der Waals surface area contributed by atoms with Crippen LogP contribution in [0.5, 0.6) is 0 Å². The van der Waals surface area contributed by atoms with Crippen LogP contribution in [0.1, 0.15) is 36.1 Å². The fraction of sp³-hybridized carbons (Fsp3) is 0.467. The molecule has 0 bridgehead atoms.